The van der Waals surface area contributed by atoms with Crippen LogP contribution in [0.4, 0.5) is 10.3 Å². The first kappa shape index (κ1) is 13.9. The molecule has 1 heterocycles. The number of aromatic nitrogens is 3. The predicted molar refractivity (Wildman–Crippen MR) is 80.7 cm³/mol. The van der Waals surface area contributed by atoms with Gasteiger partial charge < -0.3 is 5.73 Å². The average Bonchev–Trinajstić information content (AvgIpc) is 2.89. The maximum absolute atomic E-state index is 12.9. The third kappa shape index (κ3) is 2.58. The zero-order chi connectivity index (χ0) is 15.7. The molecule has 0 saturated carbocycles. The second kappa shape index (κ2) is 5.40. The number of aryl methyl sites for hydroxylation is 1. The summed E-state index contributed by atoms with van der Waals surface area (Å²) in [6.45, 7) is 1.89. The third-order valence-electron chi connectivity index (χ3n) is 3.19. The molecule has 0 amide bonds. The number of hydrogen-bond donors (Lipinski definition) is 1. The molecule has 0 aliphatic carbocycles. The van der Waals surface area contributed by atoms with Gasteiger partial charge in [0.2, 0.25) is 5.95 Å². The van der Waals surface area contributed by atoms with E-state index in [1.807, 2.05) is 13.0 Å². The van der Waals surface area contributed by atoms with E-state index in [1.54, 1.807) is 18.2 Å². The first-order valence-corrected chi connectivity index (χ1v) is 6.64. The first-order chi connectivity index (χ1) is 10.5. The molecule has 2 N–H and O–H groups in total. The Morgan fingerprint density at radius 2 is 1.91 bits per heavy atom. The molecule has 0 aliphatic heterocycles. The van der Waals surface area contributed by atoms with Crippen LogP contribution in [0, 0.1) is 12.7 Å². The van der Waals surface area contributed by atoms with Crippen molar-refractivity contribution >= 4 is 11.9 Å². The molecule has 3 aromatic rings. The zero-order valence-electron chi connectivity index (χ0n) is 11.8. The topological polar surface area (TPSA) is 73.8 Å². The van der Waals surface area contributed by atoms with E-state index in [0.29, 0.717) is 11.1 Å². The van der Waals surface area contributed by atoms with Crippen LogP contribution in [0.5, 0.6) is 0 Å². The lowest BCUT2D eigenvalue weighted by atomic mass is 10.1. The molecule has 110 valence electrons. The quantitative estimate of drug-likeness (QED) is 0.789. The summed E-state index contributed by atoms with van der Waals surface area (Å²) in [7, 11) is 0. The van der Waals surface area contributed by atoms with Gasteiger partial charge in [-0.25, -0.2) is 4.39 Å². The van der Waals surface area contributed by atoms with Crippen LogP contribution < -0.4 is 5.73 Å². The van der Waals surface area contributed by atoms with Gasteiger partial charge in [0.1, 0.15) is 5.82 Å². The maximum atomic E-state index is 12.9. The number of rotatable bonds is 2. The van der Waals surface area contributed by atoms with Crippen molar-refractivity contribution in [2.45, 2.75) is 6.92 Å². The summed E-state index contributed by atoms with van der Waals surface area (Å²) in [6, 6.07) is 12.8. The van der Waals surface area contributed by atoms with Crippen molar-refractivity contribution < 1.29 is 9.18 Å². The van der Waals surface area contributed by atoms with Gasteiger partial charge in [0.05, 0.1) is 0 Å². The molecular formula is C16H13FN4O. The van der Waals surface area contributed by atoms with Gasteiger partial charge in [-0.05, 0) is 43.3 Å². The van der Waals surface area contributed by atoms with Gasteiger partial charge in [0.15, 0.2) is 5.82 Å². The highest BCUT2D eigenvalue weighted by atomic mass is 19.1. The molecule has 0 radical (unpaired) electrons. The van der Waals surface area contributed by atoms with Crippen LogP contribution in [0.3, 0.4) is 0 Å². The highest BCUT2D eigenvalue weighted by molar-refractivity contribution is 5.97. The number of nitrogens with two attached hydrogens (primary N) is 1. The van der Waals surface area contributed by atoms with E-state index in [-0.39, 0.29) is 23.5 Å². The summed E-state index contributed by atoms with van der Waals surface area (Å²) in [5, 5.41) is 4.12. The molecule has 0 saturated heterocycles. The van der Waals surface area contributed by atoms with E-state index in [4.69, 9.17) is 5.73 Å². The largest absolute Gasteiger partial charge is 0.368 e. The van der Waals surface area contributed by atoms with Crippen molar-refractivity contribution in [1.29, 1.82) is 0 Å². The Labute approximate surface area is 126 Å². The van der Waals surface area contributed by atoms with Gasteiger partial charge in [-0.3, -0.25) is 4.79 Å². The molecule has 6 heteroatoms. The highest BCUT2D eigenvalue weighted by Gasteiger charge is 2.16. The van der Waals surface area contributed by atoms with Crippen LogP contribution >= 0.6 is 0 Å². The molecular weight excluding hydrogens is 283 g/mol. The Morgan fingerprint density at radius 1 is 1.18 bits per heavy atom. The Bertz CT molecular complexity index is 840. The summed E-state index contributed by atoms with van der Waals surface area (Å²) in [4.78, 5) is 16.5. The standard InChI is InChI=1S/C16H13FN4O/c1-10-3-2-4-12(9-10)15(22)21-16(18)19-14(20-21)11-5-7-13(17)8-6-11/h2-9H,1H3,(H2,18,19,20). The summed E-state index contributed by atoms with van der Waals surface area (Å²) in [6.07, 6.45) is 0. The Hall–Kier alpha value is -3.02. The number of nitrogens with zero attached hydrogens (tertiary/aromatic N) is 3. The monoisotopic (exact) mass is 296 g/mol. The molecule has 3 rings (SSSR count). The zero-order valence-corrected chi connectivity index (χ0v) is 11.8. The second-order valence-corrected chi connectivity index (χ2v) is 4.89. The summed E-state index contributed by atoms with van der Waals surface area (Å²) < 4.78 is 14.0. The smallest absolute Gasteiger partial charge is 0.281 e. The Kier molecular flexibility index (Phi) is 3.42. The number of carbonyl (C=O) groups is 1. The van der Waals surface area contributed by atoms with Crippen LogP contribution in [0.1, 0.15) is 15.9 Å². The van der Waals surface area contributed by atoms with Crippen molar-refractivity contribution in [1.82, 2.24) is 14.8 Å². The van der Waals surface area contributed by atoms with E-state index in [9.17, 15) is 9.18 Å². The molecule has 0 atom stereocenters. The number of hydrogen-bond acceptors (Lipinski definition) is 4. The van der Waals surface area contributed by atoms with Crippen molar-refractivity contribution in [2.24, 2.45) is 0 Å². The minimum Gasteiger partial charge on any atom is -0.368 e. The maximum Gasteiger partial charge on any atom is 0.281 e. The summed E-state index contributed by atoms with van der Waals surface area (Å²) in [5.74, 6) is -0.446. The minimum absolute atomic E-state index is 0.00849. The van der Waals surface area contributed by atoms with E-state index in [1.165, 1.54) is 24.3 Å². The van der Waals surface area contributed by atoms with Crippen LogP contribution in [0.25, 0.3) is 11.4 Å². The molecule has 0 unspecified atom stereocenters. The lowest BCUT2D eigenvalue weighted by Gasteiger charge is -2.02. The fourth-order valence-electron chi connectivity index (χ4n) is 2.10. The van der Waals surface area contributed by atoms with Crippen LogP contribution in [0.2, 0.25) is 0 Å². The highest BCUT2D eigenvalue weighted by Crippen LogP contribution is 2.18. The fraction of sp³-hybridized carbons (Fsp3) is 0.0625. The second-order valence-electron chi connectivity index (χ2n) is 4.89. The minimum atomic E-state index is -0.359. The summed E-state index contributed by atoms with van der Waals surface area (Å²) >= 11 is 0. The number of carbonyl (C=O) groups excluding carboxylic acids is 1. The summed E-state index contributed by atoms with van der Waals surface area (Å²) in [5.41, 5.74) is 7.80. The molecule has 2 aromatic carbocycles. The first-order valence-electron chi connectivity index (χ1n) is 6.64. The van der Waals surface area contributed by atoms with Gasteiger partial charge in [0.25, 0.3) is 5.91 Å². The lowest BCUT2D eigenvalue weighted by Crippen LogP contribution is -2.16. The van der Waals surface area contributed by atoms with E-state index >= 15 is 0 Å². The van der Waals surface area contributed by atoms with Crippen molar-refractivity contribution in [3.05, 3.63) is 65.5 Å². The third-order valence-corrected chi connectivity index (χ3v) is 3.19. The van der Waals surface area contributed by atoms with Gasteiger partial charge in [-0.1, -0.05) is 17.7 Å². The average molecular weight is 296 g/mol. The van der Waals surface area contributed by atoms with Crippen LogP contribution in [-0.2, 0) is 0 Å². The van der Waals surface area contributed by atoms with Crippen molar-refractivity contribution in [2.75, 3.05) is 5.73 Å². The molecule has 0 fully saturated rings. The number of anilines is 1. The number of nitrogen functional groups attached to an aromatic ring is 1. The fourth-order valence-corrected chi connectivity index (χ4v) is 2.10. The number of halogens is 1. The molecule has 0 aliphatic rings. The molecule has 0 bridgehead atoms. The van der Waals surface area contributed by atoms with E-state index in [2.05, 4.69) is 10.1 Å². The van der Waals surface area contributed by atoms with E-state index in [0.717, 1.165) is 10.2 Å². The lowest BCUT2D eigenvalue weighted by molar-refractivity contribution is 0.0948. The van der Waals surface area contributed by atoms with Gasteiger partial charge in [-0.2, -0.15) is 9.67 Å². The SMILES string of the molecule is Cc1cccc(C(=O)n2nc(-c3ccc(F)cc3)nc2N)c1. The molecule has 0 spiro atoms. The normalized spacial score (nSPS) is 10.6. The molecule has 5 nitrogen and oxygen atoms in total. The Balaban J connectivity index is 1.99. The van der Waals surface area contributed by atoms with Gasteiger partial charge in [0, 0.05) is 11.1 Å². The molecule has 1 aromatic heterocycles. The Morgan fingerprint density at radius 3 is 2.59 bits per heavy atom. The van der Waals surface area contributed by atoms with Gasteiger partial charge in [-0.15, -0.1) is 5.10 Å². The predicted octanol–water partition coefficient (Wildman–Crippen LogP) is 2.66. The van der Waals surface area contributed by atoms with Gasteiger partial charge >= 0.3 is 0 Å². The molecule has 22 heavy (non-hydrogen) atoms. The van der Waals surface area contributed by atoms with Crippen molar-refractivity contribution in [3.63, 3.8) is 0 Å². The number of benzene rings is 2. The van der Waals surface area contributed by atoms with E-state index < -0.39 is 0 Å². The van der Waals surface area contributed by atoms with Crippen molar-refractivity contribution in [3.8, 4) is 11.4 Å². The van der Waals surface area contributed by atoms with Crippen LogP contribution in [-0.4, -0.2) is 20.7 Å². The van der Waals surface area contributed by atoms with Crippen LogP contribution in [0.15, 0.2) is 48.5 Å².